The van der Waals surface area contributed by atoms with Crippen LogP contribution in [0.25, 0.3) is 0 Å². The number of aryl methyl sites for hydroxylation is 4. The van der Waals surface area contributed by atoms with E-state index in [0.29, 0.717) is 54.0 Å². The maximum atomic E-state index is 12.6. The van der Waals surface area contributed by atoms with Gasteiger partial charge in [-0.3, -0.25) is 34.5 Å². The number of hydrogen-bond donors (Lipinski definition) is 5. The topological polar surface area (TPSA) is 237 Å². The van der Waals surface area contributed by atoms with Crippen LogP contribution in [0.15, 0.2) is 224 Å². The summed E-state index contributed by atoms with van der Waals surface area (Å²) in [5, 5.41) is 12.3. The third-order valence-corrected chi connectivity index (χ3v) is 27.1. The van der Waals surface area contributed by atoms with Gasteiger partial charge in [-0.15, -0.1) is 0 Å². The monoisotopic (exact) mass is 1750 g/mol. The number of allylic oxidation sites excluding steroid dienone is 8. The number of amides is 4. The number of aromatic amines is 1. The van der Waals surface area contributed by atoms with Crippen molar-refractivity contribution in [1.82, 2.24) is 44.5 Å². The number of carbonyl (C=O) groups is 3. The first-order valence-electron chi connectivity index (χ1n) is 46.5. The van der Waals surface area contributed by atoms with E-state index < -0.39 is 10.0 Å². The van der Waals surface area contributed by atoms with E-state index in [9.17, 15) is 22.8 Å². The number of sulfonamides is 1. The predicted octanol–water partition coefficient (Wildman–Crippen LogP) is 19.6. The number of benzene rings is 6. The van der Waals surface area contributed by atoms with Crippen molar-refractivity contribution >= 4 is 75.7 Å². The number of urea groups is 1. The number of rotatable bonds is 33. The Morgan fingerprint density at radius 3 is 1.61 bits per heavy atom. The Balaban J connectivity index is 0.000000144. The van der Waals surface area contributed by atoms with Crippen molar-refractivity contribution in [3.8, 4) is 5.75 Å². The van der Waals surface area contributed by atoms with Crippen LogP contribution in [0.4, 0.5) is 16.2 Å². The Bertz CT molecular complexity index is 4900. The molecule has 16 rings (SSSR count). The van der Waals surface area contributed by atoms with E-state index in [-0.39, 0.29) is 17.8 Å². The molecule has 10 heterocycles. The molecule has 1 aromatic heterocycles. The van der Waals surface area contributed by atoms with Crippen molar-refractivity contribution in [3.05, 3.63) is 254 Å². The number of ether oxygens (including phenoxy) is 1. The Morgan fingerprint density at radius 2 is 1.04 bits per heavy atom. The van der Waals surface area contributed by atoms with Gasteiger partial charge in [0, 0.05) is 173 Å². The smallest absolute Gasteiger partial charge is 0.319 e. The lowest BCUT2D eigenvalue weighted by Gasteiger charge is -2.31. The summed E-state index contributed by atoms with van der Waals surface area (Å²) in [5.41, 5.74) is 17.0. The molecule has 0 radical (unpaired) electrons. The number of anilines is 2. The number of hydrogen-bond acceptors (Lipinski definition) is 15. The zero-order valence-corrected chi connectivity index (χ0v) is 76.6. The molecule has 1 atom stereocenters. The molecule has 0 saturated carbocycles. The SMILES string of the molecule is C1=NC(CC2CCN(CCCOc3ccc(CN4CCCCC4)cc3)CC2)=CC1.Cc1cc(Cl)cc(NC(=O)NCc2cccc(Cc3cnc[nH]3)c2)c1.Cc1ccc(CCNC(=O)CCN2CCC(CC3=CCC=N3)CC2)cc1.Cc1ccc(S(=O)(=O)N2CCC(CCC3=CCC=N3)C2)cc1.Cc1cccc(NC(=O)CCN2CCC(CC3=CCC=N3)CC2)c1. The Hall–Kier alpha value is -9.78. The van der Waals surface area contributed by atoms with E-state index in [1.54, 1.807) is 28.8 Å². The van der Waals surface area contributed by atoms with Crippen LogP contribution in [0.2, 0.25) is 5.02 Å². The van der Waals surface area contributed by atoms with Crippen LogP contribution >= 0.6 is 11.6 Å². The average molecular weight is 1750 g/mol. The summed E-state index contributed by atoms with van der Waals surface area (Å²) in [6.45, 7) is 24.6. The Kier molecular flexibility index (Phi) is 38.8. The van der Waals surface area contributed by atoms with Crippen molar-refractivity contribution in [3.63, 3.8) is 0 Å². The number of nitrogens with one attached hydrogen (secondary N) is 5. The minimum absolute atomic E-state index is 0.105. The number of aromatic nitrogens is 2. The van der Waals surface area contributed by atoms with E-state index in [0.717, 1.165) is 211 Å². The van der Waals surface area contributed by atoms with Crippen LogP contribution in [-0.2, 0) is 45.5 Å². The lowest BCUT2D eigenvalue weighted by atomic mass is 9.92. The fourth-order valence-electron chi connectivity index (χ4n) is 17.6. The van der Waals surface area contributed by atoms with Crippen LogP contribution in [0.1, 0.15) is 191 Å². The molecule has 9 aliphatic rings. The summed E-state index contributed by atoms with van der Waals surface area (Å²) in [6.07, 6.45) is 46.3. The highest BCUT2D eigenvalue weighted by molar-refractivity contribution is 7.89. The van der Waals surface area contributed by atoms with Crippen molar-refractivity contribution in [2.45, 2.75) is 200 Å². The Morgan fingerprint density at radius 1 is 0.492 bits per heavy atom. The van der Waals surface area contributed by atoms with Crippen molar-refractivity contribution in [1.29, 1.82) is 0 Å². The van der Waals surface area contributed by atoms with E-state index >= 15 is 0 Å². The number of aliphatic imine (C=N–C) groups is 4. The number of imidazole rings is 1. The summed E-state index contributed by atoms with van der Waals surface area (Å²) in [7, 11) is -3.34. The average Bonchev–Trinajstić information content (AvgIpc) is 1.57. The normalized spacial score (nSPS) is 18.2. The molecule has 126 heavy (non-hydrogen) atoms. The van der Waals surface area contributed by atoms with Crippen LogP contribution in [0.5, 0.6) is 5.75 Å². The Labute approximate surface area is 755 Å². The van der Waals surface area contributed by atoms with Crippen molar-refractivity contribution in [2.75, 3.05) is 109 Å². The maximum absolute atomic E-state index is 12.6. The largest absolute Gasteiger partial charge is 0.494 e. The van der Waals surface area contributed by atoms with E-state index in [4.69, 9.17) is 16.3 Å². The molecule has 4 amide bonds. The fraction of sp³-hybridized carbons (Fsp3) is 0.476. The highest BCUT2D eigenvalue weighted by Gasteiger charge is 2.33. The lowest BCUT2D eigenvalue weighted by molar-refractivity contribution is -0.121. The molecular weight excluding hydrogens is 1610 g/mol. The molecule has 21 nitrogen and oxygen atoms in total. The van der Waals surface area contributed by atoms with Crippen LogP contribution in [0.3, 0.4) is 0 Å². The fourth-order valence-corrected chi connectivity index (χ4v) is 19.5. The molecule has 7 aromatic rings. The second-order valence-corrected chi connectivity index (χ2v) is 37.8. The van der Waals surface area contributed by atoms with Gasteiger partial charge in [0.2, 0.25) is 21.8 Å². The minimum atomic E-state index is -3.34. The second-order valence-electron chi connectivity index (χ2n) is 35.4. The van der Waals surface area contributed by atoms with Gasteiger partial charge in [-0.05, 0) is 294 Å². The molecule has 672 valence electrons. The third-order valence-electron chi connectivity index (χ3n) is 25.0. The molecule has 0 bridgehead atoms. The first-order valence-corrected chi connectivity index (χ1v) is 48.3. The number of likely N-dealkylation sites (tertiary alicyclic amines) is 4. The van der Waals surface area contributed by atoms with E-state index in [2.05, 4.69) is 163 Å². The molecule has 5 N–H and O–H groups in total. The molecule has 0 spiro atoms. The van der Waals surface area contributed by atoms with Gasteiger partial charge >= 0.3 is 6.03 Å². The van der Waals surface area contributed by atoms with Crippen LogP contribution in [-0.4, -0.2) is 183 Å². The highest BCUT2D eigenvalue weighted by atomic mass is 35.5. The molecule has 9 aliphatic heterocycles. The molecule has 23 heteroatoms. The molecule has 5 fully saturated rings. The van der Waals surface area contributed by atoms with Gasteiger partial charge in [0.05, 0.1) is 17.8 Å². The number of halogens is 1. The standard InChI is InChI=1S/C25H37N3O.C22H31N3O.C20H27N3O.C19H19ClN4O.C17H22N2O2S/c1-2-14-28(15-3-1)21-23-7-9-25(10-8-23)29-19-5-16-27-17-11-22(12-18-27)20-24-6-4-13-26-24;1-18-4-6-19(7-5-18)8-13-24-22(26)11-16-25-14-9-20(10-15-25)17-21-3-2-12-23-21;1-16-4-2-5-19(14-16)22-20(24)9-13-23-11-7-17(8-12-23)15-18-6-3-10-21-18;1-13-5-16(20)9-17(6-13)24-19(25)22-10-15-4-2-3-14(7-15)8-18-11-21-12-23-18;1-14-4-8-17(9-5-14)22(20,21)19-12-10-15(13-19)6-7-16-3-2-11-18-16/h6-10,13,22H,1-5,11-12,14-21H2;3-7,12,20H,2,8-11,13-17H2,1H3,(H,24,26);2,4-6,10,14,17H,3,7-9,11-13,15H2,1H3,(H,22,24);2-7,9,11-12H,8,10H2,1H3,(H,21,23)(H2,22,24,25);3-5,8-9,11,15H,2,6-7,10,12-13H2,1H3. The van der Waals surface area contributed by atoms with Crippen LogP contribution in [0, 0.1) is 51.4 Å². The van der Waals surface area contributed by atoms with E-state index in [1.165, 1.54) is 124 Å². The summed E-state index contributed by atoms with van der Waals surface area (Å²) in [4.78, 5) is 71.4. The number of carbonyl (C=O) groups excluding carboxylic acids is 3. The number of nitrogens with zero attached hydrogens (tertiary/aromatic N) is 10. The quantitative estimate of drug-likeness (QED) is 0.0243. The highest BCUT2D eigenvalue weighted by Crippen LogP contribution is 2.33. The summed E-state index contributed by atoms with van der Waals surface area (Å²) < 4.78 is 32.9. The zero-order chi connectivity index (χ0) is 87.9. The minimum Gasteiger partial charge on any atom is -0.494 e. The van der Waals surface area contributed by atoms with Gasteiger partial charge in [0.1, 0.15) is 5.75 Å². The molecular formula is C103H136ClN15O6S. The first-order chi connectivity index (χ1) is 61.4. The maximum Gasteiger partial charge on any atom is 0.319 e. The van der Waals surface area contributed by atoms with Gasteiger partial charge in [-0.2, -0.15) is 4.31 Å². The third kappa shape index (κ3) is 34.1. The second kappa shape index (κ2) is 51.3. The lowest BCUT2D eigenvalue weighted by Crippen LogP contribution is -2.37. The van der Waals surface area contributed by atoms with Crippen LogP contribution < -0.4 is 26.0 Å². The van der Waals surface area contributed by atoms with Gasteiger partial charge in [0.25, 0.3) is 0 Å². The first kappa shape index (κ1) is 95.3. The summed E-state index contributed by atoms with van der Waals surface area (Å²) in [5.74, 6) is 4.07. The molecule has 6 aromatic carbocycles. The summed E-state index contributed by atoms with van der Waals surface area (Å²) in [6, 6.07) is 45.6. The van der Waals surface area contributed by atoms with Gasteiger partial charge in [-0.1, -0.05) is 138 Å². The van der Waals surface area contributed by atoms with Gasteiger partial charge in [0.15, 0.2) is 0 Å². The van der Waals surface area contributed by atoms with Gasteiger partial charge < -0.3 is 45.7 Å². The number of piperidine rings is 4. The molecule has 1 unspecified atom stereocenters. The number of H-pyrrole nitrogens is 1. The van der Waals surface area contributed by atoms with Crippen molar-refractivity contribution < 1.29 is 27.5 Å². The van der Waals surface area contributed by atoms with E-state index in [1.807, 2.05) is 112 Å². The molecule has 5 saturated heterocycles. The van der Waals surface area contributed by atoms with Gasteiger partial charge in [-0.25, -0.2) is 18.2 Å². The van der Waals surface area contributed by atoms with Crippen molar-refractivity contribution in [2.24, 2.45) is 43.6 Å². The molecule has 0 aliphatic carbocycles. The summed E-state index contributed by atoms with van der Waals surface area (Å²) >= 11 is 6.00. The predicted molar refractivity (Wildman–Crippen MR) is 516 cm³/mol. The zero-order valence-electron chi connectivity index (χ0n) is 75.1.